The predicted molar refractivity (Wildman–Crippen MR) is 79.7 cm³/mol. The first kappa shape index (κ1) is 13.4. The van der Waals surface area contributed by atoms with Gasteiger partial charge in [-0.25, -0.2) is 0 Å². The monoisotopic (exact) mass is 281 g/mol. The van der Waals surface area contributed by atoms with E-state index in [-0.39, 0.29) is 11.7 Å². The molecule has 21 heavy (non-hydrogen) atoms. The largest absolute Gasteiger partial charge is 0.497 e. The number of ether oxygens (including phenoxy) is 1. The lowest BCUT2D eigenvalue weighted by Gasteiger charge is -2.32. The van der Waals surface area contributed by atoms with Crippen LogP contribution >= 0.6 is 0 Å². The Morgan fingerprint density at radius 3 is 2.33 bits per heavy atom. The molecule has 106 valence electrons. The lowest BCUT2D eigenvalue weighted by molar-refractivity contribution is -0.119. The SMILES string of the molecule is COc1ccc(C2(C)C(=O)Nc3ccccc3C2=O)cc1. The molecule has 0 saturated carbocycles. The highest BCUT2D eigenvalue weighted by molar-refractivity contribution is 6.27. The Morgan fingerprint density at radius 2 is 1.67 bits per heavy atom. The summed E-state index contributed by atoms with van der Waals surface area (Å²) in [4.78, 5) is 25.3. The van der Waals surface area contributed by atoms with Crippen LogP contribution in [0.25, 0.3) is 0 Å². The number of hydrogen-bond acceptors (Lipinski definition) is 3. The Morgan fingerprint density at radius 1 is 1.00 bits per heavy atom. The van der Waals surface area contributed by atoms with Crippen molar-refractivity contribution in [2.75, 3.05) is 12.4 Å². The first-order valence-electron chi connectivity index (χ1n) is 6.67. The third-order valence-corrected chi connectivity index (χ3v) is 4.00. The van der Waals surface area contributed by atoms with Gasteiger partial charge in [-0.2, -0.15) is 0 Å². The van der Waals surface area contributed by atoms with Gasteiger partial charge >= 0.3 is 0 Å². The minimum atomic E-state index is -1.22. The fraction of sp³-hybridized carbons (Fsp3) is 0.176. The molecule has 4 nitrogen and oxygen atoms in total. The molecule has 3 rings (SSSR count). The van der Waals surface area contributed by atoms with E-state index in [2.05, 4.69) is 5.32 Å². The number of carbonyl (C=O) groups excluding carboxylic acids is 2. The number of benzene rings is 2. The van der Waals surface area contributed by atoms with Crippen molar-refractivity contribution in [1.29, 1.82) is 0 Å². The first-order chi connectivity index (χ1) is 10.1. The van der Waals surface area contributed by atoms with Crippen molar-refractivity contribution in [2.24, 2.45) is 0 Å². The van der Waals surface area contributed by atoms with Crippen molar-refractivity contribution in [3.05, 3.63) is 59.7 Å². The summed E-state index contributed by atoms with van der Waals surface area (Å²) < 4.78 is 5.11. The summed E-state index contributed by atoms with van der Waals surface area (Å²) in [6.07, 6.45) is 0. The van der Waals surface area contributed by atoms with Crippen molar-refractivity contribution >= 4 is 17.4 Å². The van der Waals surface area contributed by atoms with Gasteiger partial charge in [0.25, 0.3) is 0 Å². The van der Waals surface area contributed by atoms with E-state index in [1.807, 2.05) is 0 Å². The van der Waals surface area contributed by atoms with Crippen LogP contribution in [-0.4, -0.2) is 18.8 Å². The van der Waals surface area contributed by atoms with Crippen molar-refractivity contribution < 1.29 is 14.3 Å². The van der Waals surface area contributed by atoms with Gasteiger partial charge < -0.3 is 10.1 Å². The fourth-order valence-corrected chi connectivity index (χ4v) is 2.60. The van der Waals surface area contributed by atoms with Crippen LogP contribution in [0.4, 0.5) is 5.69 Å². The Hall–Kier alpha value is -2.62. The van der Waals surface area contributed by atoms with Gasteiger partial charge in [0.2, 0.25) is 5.91 Å². The van der Waals surface area contributed by atoms with E-state index in [4.69, 9.17) is 4.74 Å². The maximum atomic E-state index is 12.8. The van der Waals surface area contributed by atoms with Gasteiger partial charge in [0, 0.05) is 5.56 Å². The summed E-state index contributed by atoms with van der Waals surface area (Å²) in [6, 6.07) is 14.1. The standard InChI is InChI=1S/C17H15NO3/c1-17(11-7-9-12(21-2)10-8-11)15(19)13-5-3-4-6-14(13)18-16(17)20/h3-10H,1-2H3,(H,18,20). The number of rotatable bonds is 2. The molecule has 1 N–H and O–H groups in total. The Bertz CT molecular complexity index is 721. The highest BCUT2D eigenvalue weighted by atomic mass is 16.5. The van der Waals surface area contributed by atoms with Crippen LogP contribution in [0.1, 0.15) is 22.8 Å². The van der Waals surface area contributed by atoms with Crippen LogP contribution < -0.4 is 10.1 Å². The third kappa shape index (κ3) is 1.91. The molecule has 2 aromatic rings. The number of ketones is 1. The minimum absolute atomic E-state index is 0.188. The Labute approximate surface area is 122 Å². The maximum Gasteiger partial charge on any atom is 0.242 e. The molecule has 1 amide bonds. The Balaban J connectivity index is 2.11. The molecule has 1 heterocycles. The summed E-state index contributed by atoms with van der Waals surface area (Å²) in [6.45, 7) is 1.66. The quantitative estimate of drug-likeness (QED) is 0.861. The number of anilines is 1. The van der Waals surface area contributed by atoms with Crippen molar-refractivity contribution in [3.63, 3.8) is 0 Å². The molecule has 4 heteroatoms. The summed E-state index contributed by atoms with van der Waals surface area (Å²) in [7, 11) is 1.57. The summed E-state index contributed by atoms with van der Waals surface area (Å²) >= 11 is 0. The van der Waals surface area contributed by atoms with Gasteiger partial charge in [-0.3, -0.25) is 9.59 Å². The second-order valence-corrected chi connectivity index (χ2v) is 5.18. The maximum absolute atomic E-state index is 12.8. The number of nitrogens with one attached hydrogen (secondary N) is 1. The van der Waals surface area contributed by atoms with Crippen molar-refractivity contribution in [1.82, 2.24) is 0 Å². The molecule has 0 radical (unpaired) electrons. The van der Waals surface area contributed by atoms with E-state index >= 15 is 0 Å². The number of carbonyl (C=O) groups is 2. The average molecular weight is 281 g/mol. The smallest absolute Gasteiger partial charge is 0.242 e. The van der Waals surface area contributed by atoms with E-state index in [1.54, 1.807) is 62.6 Å². The van der Waals surface area contributed by atoms with Crippen LogP contribution in [0.5, 0.6) is 5.75 Å². The number of fused-ring (bicyclic) bond motifs is 1. The topological polar surface area (TPSA) is 55.4 Å². The number of Topliss-reactive ketones (excluding diaryl/α,β-unsaturated/α-hetero) is 1. The molecule has 0 fully saturated rings. The molecular weight excluding hydrogens is 266 g/mol. The number of hydrogen-bond donors (Lipinski definition) is 1. The molecule has 0 aromatic heterocycles. The van der Waals surface area contributed by atoms with Crippen LogP contribution in [0.15, 0.2) is 48.5 Å². The Kier molecular flexibility index (Phi) is 3.01. The molecule has 1 unspecified atom stereocenters. The molecule has 0 bridgehead atoms. The van der Waals surface area contributed by atoms with E-state index < -0.39 is 5.41 Å². The lowest BCUT2D eigenvalue weighted by Crippen LogP contribution is -2.48. The predicted octanol–water partition coefficient (Wildman–Crippen LogP) is 2.79. The van der Waals surface area contributed by atoms with Gasteiger partial charge in [-0.15, -0.1) is 0 Å². The summed E-state index contributed by atoms with van der Waals surface area (Å²) in [5, 5.41) is 2.82. The van der Waals surface area contributed by atoms with E-state index in [0.29, 0.717) is 22.6 Å². The second kappa shape index (κ2) is 4.74. The van der Waals surface area contributed by atoms with Gasteiger partial charge in [0.1, 0.15) is 11.2 Å². The average Bonchev–Trinajstić information content (AvgIpc) is 2.53. The molecule has 0 aliphatic carbocycles. The van der Waals surface area contributed by atoms with Crippen molar-refractivity contribution in [2.45, 2.75) is 12.3 Å². The van der Waals surface area contributed by atoms with Crippen LogP contribution in [0, 0.1) is 0 Å². The molecule has 1 atom stereocenters. The second-order valence-electron chi connectivity index (χ2n) is 5.18. The summed E-state index contributed by atoms with van der Waals surface area (Å²) in [5.41, 5.74) is 0.537. The highest BCUT2D eigenvalue weighted by Gasteiger charge is 2.47. The zero-order valence-electron chi connectivity index (χ0n) is 11.8. The van der Waals surface area contributed by atoms with Gasteiger partial charge in [0.05, 0.1) is 12.8 Å². The van der Waals surface area contributed by atoms with E-state index in [1.165, 1.54) is 0 Å². The zero-order valence-corrected chi connectivity index (χ0v) is 11.8. The van der Waals surface area contributed by atoms with Crippen LogP contribution in [-0.2, 0) is 10.2 Å². The van der Waals surface area contributed by atoms with Gasteiger partial charge in [-0.05, 0) is 36.8 Å². The molecule has 1 aliphatic rings. The van der Waals surface area contributed by atoms with E-state index in [9.17, 15) is 9.59 Å². The van der Waals surface area contributed by atoms with Gasteiger partial charge in [0.15, 0.2) is 5.78 Å². The fourth-order valence-electron chi connectivity index (χ4n) is 2.60. The number of methoxy groups -OCH3 is 1. The third-order valence-electron chi connectivity index (χ3n) is 4.00. The minimum Gasteiger partial charge on any atom is -0.497 e. The normalized spacial score (nSPS) is 20.7. The van der Waals surface area contributed by atoms with Crippen molar-refractivity contribution in [3.8, 4) is 5.75 Å². The van der Waals surface area contributed by atoms with Crippen LogP contribution in [0.2, 0.25) is 0 Å². The molecular formula is C17H15NO3. The highest BCUT2D eigenvalue weighted by Crippen LogP contribution is 2.36. The van der Waals surface area contributed by atoms with Crippen LogP contribution in [0.3, 0.4) is 0 Å². The molecule has 2 aromatic carbocycles. The lowest BCUT2D eigenvalue weighted by atomic mass is 9.73. The molecule has 0 spiro atoms. The molecule has 1 aliphatic heterocycles. The summed E-state index contributed by atoms with van der Waals surface area (Å²) in [5.74, 6) is 0.190. The number of amides is 1. The molecule has 0 saturated heterocycles. The first-order valence-corrected chi connectivity index (χ1v) is 6.67. The number of para-hydroxylation sites is 1. The van der Waals surface area contributed by atoms with E-state index in [0.717, 1.165) is 0 Å². The zero-order chi connectivity index (χ0) is 15.0. The van der Waals surface area contributed by atoms with Gasteiger partial charge in [-0.1, -0.05) is 24.3 Å².